The molecule has 0 spiro atoms. The Labute approximate surface area is 82.2 Å². The number of halogens is 1. The maximum absolute atomic E-state index is 7.51. The van der Waals surface area contributed by atoms with Crippen LogP contribution in [-0.4, -0.2) is 5.84 Å². The van der Waals surface area contributed by atoms with Crippen molar-refractivity contribution in [1.29, 1.82) is 5.41 Å². The van der Waals surface area contributed by atoms with Crippen molar-refractivity contribution in [1.82, 2.24) is 0 Å². The molecule has 0 unspecified atom stereocenters. The molecule has 0 amide bonds. The van der Waals surface area contributed by atoms with Gasteiger partial charge in [-0.3, -0.25) is 5.41 Å². The quantitative estimate of drug-likeness (QED) is 0.551. The number of hydrogen-bond donors (Lipinski definition) is 2. The second-order valence-corrected chi connectivity index (χ2v) is 3.88. The maximum Gasteiger partial charge on any atom is 0.101 e. The third kappa shape index (κ3) is 1.22. The third-order valence-electron chi connectivity index (χ3n) is 2.65. The van der Waals surface area contributed by atoms with Gasteiger partial charge < -0.3 is 5.73 Å². The summed E-state index contributed by atoms with van der Waals surface area (Å²) < 4.78 is 0. The number of amidine groups is 1. The first kappa shape index (κ1) is 8.57. The summed E-state index contributed by atoms with van der Waals surface area (Å²) in [5.41, 5.74) is 6.32. The van der Waals surface area contributed by atoms with Crippen LogP contribution in [0.5, 0.6) is 0 Å². The van der Waals surface area contributed by atoms with Crippen molar-refractivity contribution in [3.8, 4) is 0 Å². The van der Waals surface area contributed by atoms with Crippen LogP contribution in [0.2, 0.25) is 5.02 Å². The SMILES string of the molecule is N=C(N)C1(c2ccccc2Cl)CC1. The summed E-state index contributed by atoms with van der Waals surface area (Å²) in [6.07, 6.45) is 1.90. The molecule has 1 aliphatic carbocycles. The average Bonchev–Trinajstić information content (AvgIpc) is 2.85. The molecule has 1 fully saturated rings. The number of hydrogen-bond acceptors (Lipinski definition) is 1. The summed E-state index contributed by atoms with van der Waals surface area (Å²) in [5.74, 6) is 0.237. The van der Waals surface area contributed by atoms with Crippen molar-refractivity contribution in [2.45, 2.75) is 18.3 Å². The predicted molar refractivity (Wildman–Crippen MR) is 54.3 cm³/mol. The van der Waals surface area contributed by atoms with Crippen molar-refractivity contribution < 1.29 is 0 Å². The molecule has 0 aromatic heterocycles. The van der Waals surface area contributed by atoms with Crippen molar-refractivity contribution >= 4 is 17.4 Å². The molecule has 68 valence electrons. The zero-order valence-corrected chi connectivity index (χ0v) is 7.93. The fraction of sp³-hybridized carbons (Fsp3) is 0.300. The van der Waals surface area contributed by atoms with Gasteiger partial charge >= 0.3 is 0 Å². The number of benzene rings is 1. The molecule has 0 heterocycles. The van der Waals surface area contributed by atoms with Crippen LogP contribution in [0.15, 0.2) is 24.3 Å². The Morgan fingerprint density at radius 2 is 2.00 bits per heavy atom. The highest BCUT2D eigenvalue weighted by Crippen LogP contribution is 2.50. The van der Waals surface area contributed by atoms with Gasteiger partial charge in [-0.2, -0.15) is 0 Å². The van der Waals surface area contributed by atoms with Gasteiger partial charge in [0.2, 0.25) is 0 Å². The third-order valence-corrected chi connectivity index (χ3v) is 2.98. The second-order valence-electron chi connectivity index (χ2n) is 3.48. The predicted octanol–water partition coefficient (Wildman–Crippen LogP) is 2.31. The van der Waals surface area contributed by atoms with E-state index >= 15 is 0 Å². The van der Waals surface area contributed by atoms with Gasteiger partial charge in [0.15, 0.2) is 0 Å². The Balaban J connectivity index is 2.47. The Morgan fingerprint density at radius 1 is 1.38 bits per heavy atom. The highest BCUT2D eigenvalue weighted by molar-refractivity contribution is 6.31. The van der Waals surface area contributed by atoms with Crippen molar-refractivity contribution in [2.24, 2.45) is 5.73 Å². The number of nitrogens with one attached hydrogen (secondary N) is 1. The average molecular weight is 195 g/mol. The Hall–Kier alpha value is -1.02. The van der Waals surface area contributed by atoms with Crippen molar-refractivity contribution in [3.05, 3.63) is 34.9 Å². The molecule has 2 nitrogen and oxygen atoms in total. The Morgan fingerprint density at radius 3 is 2.46 bits per heavy atom. The summed E-state index contributed by atoms with van der Waals surface area (Å²) >= 11 is 6.04. The summed E-state index contributed by atoms with van der Waals surface area (Å²) in [6, 6.07) is 7.63. The zero-order chi connectivity index (χ0) is 9.47. The standard InChI is InChI=1S/C10H11ClN2/c11-8-4-2-1-3-7(8)10(5-6-10)9(12)13/h1-4H,5-6H2,(H3,12,13). The van der Waals surface area contributed by atoms with E-state index in [0.29, 0.717) is 0 Å². The van der Waals surface area contributed by atoms with Crippen LogP contribution in [0.25, 0.3) is 0 Å². The lowest BCUT2D eigenvalue weighted by Crippen LogP contribution is -2.27. The van der Waals surface area contributed by atoms with Gasteiger partial charge in [0.25, 0.3) is 0 Å². The summed E-state index contributed by atoms with van der Waals surface area (Å²) in [7, 11) is 0. The topological polar surface area (TPSA) is 49.9 Å². The van der Waals surface area contributed by atoms with E-state index in [1.54, 1.807) is 0 Å². The highest BCUT2D eigenvalue weighted by Gasteiger charge is 2.48. The van der Waals surface area contributed by atoms with Crippen LogP contribution in [0.4, 0.5) is 0 Å². The van der Waals surface area contributed by atoms with E-state index in [1.807, 2.05) is 24.3 Å². The van der Waals surface area contributed by atoms with Gasteiger partial charge in [-0.05, 0) is 24.5 Å². The van der Waals surface area contributed by atoms with E-state index in [9.17, 15) is 0 Å². The van der Waals surface area contributed by atoms with E-state index in [4.69, 9.17) is 22.7 Å². The fourth-order valence-corrected chi connectivity index (χ4v) is 1.97. The van der Waals surface area contributed by atoms with Crippen molar-refractivity contribution in [2.75, 3.05) is 0 Å². The maximum atomic E-state index is 7.51. The van der Waals surface area contributed by atoms with Crippen LogP contribution >= 0.6 is 11.6 Å². The number of nitrogens with two attached hydrogens (primary N) is 1. The molecular weight excluding hydrogens is 184 g/mol. The molecule has 3 N–H and O–H groups in total. The van der Waals surface area contributed by atoms with E-state index in [-0.39, 0.29) is 11.3 Å². The monoisotopic (exact) mass is 194 g/mol. The second kappa shape index (κ2) is 2.74. The van der Waals surface area contributed by atoms with Gasteiger partial charge in [-0.25, -0.2) is 0 Å². The molecule has 1 aliphatic rings. The van der Waals surface area contributed by atoms with E-state index in [2.05, 4.69) is 0 Å². The molecule has 2 rings (SSSR count). The fourth-order valence-electron chi connectivity index (χ4n) is 1.66. The summed E-state index contributed by atoms with van der Waals surface area (Å²) in [4.78, 5) is 0. The first-order valence-corrected chi connectivity index (χ1v) is 4.64. The van der Waals surface area contributed by atoms with Gasteiger partial charge in [0.05, 0.1) is 5.41 Å². The molecule has 0 bridgehead atoms. The Bertz CT molecular complexity index is 356. The molecule has 0 saturated heterocycles. The van der Waals surface area contributed by atoms with Gasteiger partial charge in [0.1, 0.15) is 5.84 Å². The minimum atomic E-state index is -0.238. The van der Waals surface area contributed by atoms with E-state index < -0.39 is 0 Å². The lowest BCUT2D eigenvalue weighted by atomic mass is 9.95. The van der Waals surface area contributed by atoms with Gasteiger partial charge in [0, 0.05) is 5.02 Å². The first-order valence-electron chi connectivity index (χ1n) is 4.26. The van der Waals surface area contributed by atoms with Crippen LogP contribution in [0.1, 0.15) is 18.4 Å². The van der Waals surface area contributed by atoms with Gasteiger partial charge in [-0.15, -0.1) is 0 Å². The van der Waals surface area contributed by atoms with Gasteiger partial charge in [-0.1, -0.05) is 29.8 Å². The lowest BCUT2D eigenvalue weighted by Gasteiger charge is -2.14. The van der Waals surface area contributed by atoms with Crippen LogP contribution in [0.3, 0.4) is 0 Å². The summed E-state index contributed by atoms with van der Waals surface area (Å²) in [6.45, 7) is 0. The lowest BCUT2D eigenvalue weighted by molar-refractivity contribution is 0.923. The highest BCUT2D eigenvalue weighted by atomic mass is 35.5. The van der Waals surface area contributed by atoms with Crippen molar-refractivity contribution in [3.63, 3.8) is 0 Å². The van der Waals surface area contributed by atoms with E-state index in [1.165, 1.54) is 0 Å². The molecule has 13 heavy (non-hydrogen) atoms. The molecule has 1 aromatic carbocycles. The molecule has 3 heteroatoms. The molecule has 0 aliphatic heterocycles. The van der Waals surface area contributed by atoms with Crippen LogP contribution < -0.4 is 5.73 Å². The van der Waals surface area contributed by atoms with Crippen LogP contribution in [0, 0.1) is 5.41 Å². The Kier molecular flexibility index (Phi) is 1.81. The normalized spacial score (nSPS) is 18.2. The smallest absolute Gasteiger partial charge is 0.101 e. The number of rotatable bonds is 2. The van der Waals surface area contributed by atoms with E-state index in [0.717, 1.165) is 23.4 Å². The molecule has 1 saturated carbocycles. The van der Waals surface area contributed by atoms with Crippen LogP contribution in [-0.2, 0) is 5.41 Å². The largest absolute Gasteiger partial charge is 0.387 e. The minimum Gasteiger partial charge on any atom is -0.387 e. The minimum absolute atomic E-state index is 0.237. The zero-order valence-electron chi connectivity index (χ0n) is 7.18. The molecule has 0 radical (unpaired) electrons. The molecule has 1 aromatic rings. The molecule has 0 atom stereocenters. The first-order chi connectivity index (χ1) is 6.17. The summed E-state index contributed by atoms with van der Waals surface area (Å²) in [5, 5.41) is 8.23. The molecular formula is C10H11ClN2.